The molecule has 4 nitrogen and oxygen atoms in total. The molecule has 0 unspecified atom stereocenters. The van der Waals surface area contributed by atoms with Crippen molar-refractivity contribution >= 4 is 27.2 Å². The van der Waals surface area contributed by atoms with E-state index in [0.29, 0.717) is 0 Å². The van der Waals surface area contributed by atoms with Crippen LogP contribution in [0.5, 0.6) is 0 Å². The van der Waals surface area contributed by atoms with Gasteiger partial charge in [0.25, 0.3) is 0 Å². The van der Waals surface area contributed by atoms with Gasteiger partial charge >= 0.3 is 0 Å². The molecule has 3 heterocycles. The normalized spacial score (nSPS) is 19.2. The topological polar surface area (TPSA) is 43.1 Å². The van der Waals surface area contributed by atoms with Gasteiger partial charge in [-0.1, -0.05) is 13.8 Å². The second-order valence-electron chi connectivity index (χ2n) is 5.44. The van der Waals surface area contributed by atoms with Crippen molar-refractivity contribution in [2.45, 2.75) is 39.5 Å². The van der Waals surface area contributed by atoms with E-state index >= 15 is 0 Å². The fourth-order valence-electron chi connectivity index (χ4n) is 3.02. The van der Waals surface area contributed by atoms with Crippen molar-refractivity contribution in [3.05, 3.63) is 22.6 Å². The molecule has 0 amide bonds. The zero-order valence-electron chi connectivity index (χ0n) is 11.2. The van der Waals surface area contributed by atoms with Gasteiger partial charge in [0.1, 0.15) is 17.0 Å². The maximum absolute atomic E-state index is 4.62. The highest BCUT2D eigenvalue weighted by atomic mass is 32.1. The molecule has 0 fully saturated rings. The first-order valence-corrected chi connectivity index (χ1v) is 7.72. The molecule has 0 bridgehead atoms. The molecule has 1 atom stereocenters. The van der Waals surface area contributed by atoms with E-state index < -0.39 is 0 Å². The summed E-state index contributed by atoms with van der Waals surface area (Å²) >= 11 is 1.84. The molecule has 3 aromatic rings. The van der Waals surface area contributed by atoms with Crippen molar-refractivity contribution in [1.82, 2.24) is 19.6 Å². The predicted octanol–water partition coefficient (Wildman–Crippen LogP) is 3.03. The first-order chi connectivity index (χ1) is 9.28. The van der Waals surface area contributed by atoms with E-state index in [1.54, 1.807) is 0 Å². The second kappa shape index (κ2) is 4.00. The highest BCUT2D eigenvalue weighted by molar-refractivity contribution is 7.19. The number of nitrogens with zero attached hydrogens (tertiary/aromatic N) is 4. The summed E-state index contributed by atoms with van der Waals surface area (Å²) in [6.45, 7) is 4.44. The quantitative estimate of drug-likeness (QED) is 0.684. The Morgan fingerprint density at radius 2 is 2.32 bits per heavy atom. The molecule has 4 rings (SSSR count). The predicted molar refractivity (Wildman–Crippen MR) is 76.7 cm³/mol. The molecule has 0 spiro atoms. The van der Waals surface area contributed by atoms with Crippen molar-refractivity contribution in [3.8, 4) is 0 Å². The van der Waals surface area contributed by atoms with Crippen LogP contribution in [0.4, 0.5) is 0 Å². The van der Waals surface area contributed by atoms with Gasteiger partial charge in [0.2, 0.25) is 0 Å². The summed E-state index contributed by atoms with van der Waals surface area (Å²) in [5, 5.41) is 9.93. The Labute approximate surface area is 115 Å². The molecule has 19 heavy (non-hydrogen) atoms. The molecular formula is C14H16N4S. The van der Waals surface area contributed by atoms with Gasteiger partial charge in [-0.15, -0.1) is 21.5 Å². The van der Waals surface area contributed by atoms with Gasteiger partial charge < -0.3 is 0 Å². The molecule has 0 saturated carbocycles. The lowest BCUT2D eigenvalue weighted by molar-refractivity contribution is 0.509. The Balaban J connectivity index is 2.07. The summed E-state index contributed by atoms with van der Waals surface area (Å²) in [5.74, 6) is 1.79. The Kier molecular flexibility index (Phi) is 2.39. The third-order valence-electron chi connectivity index (χ3n) is 4.09. The van der Waals surface area contributed by atoms with Crippen molar-refractivity contribution in [2.75, 3.05) is 0 Å². The number of hydrogen-bond donors (Lipinski definition) is 0. The van der Waals surface area contributed by atoms with Crippen molar-refractivity contribution in [1.29, 1.82) is 0 Å². The minimum absolute atomic E-state index is 0.792. The van der Waals surface area contributed by atoms with Crippen molar-refractivity contribution in [3.63, 3.8) is 0 Å². The van der Waals surface area contributed by atoms with Crippen LogP contribution >= 0.6 is 11.3 Å². The van der Waals surface area contributed by atoms with Crippen molar-refractivity contribution < 1.29 is 0 Å². The fourth-order valence-corrected chi connectivity index (χ4v) is 4.37. The number of rotatable bonds is 1. The number of hydrogen-bond acceptors (Lipinski definition) is 4. The third kappa shape index (κ3) is 1.54. The van der Waals surface area contributed by atoms with Gasteiger partial charge in [0.15, 0.2) is 5.65 Å². The minimum Gasteiger partial charge on any atom is -0.269 e. The van der Waals surface area contributed by atoms with E-state index in [2.05, 4.69) is 29.0 Å². The minimum atomic E-state index is 0.792. The Morgan fingerprint density at radius 3 is 3.16 bits per heavy atom. The average Bonchev–Trinajstić information content (AvgIpc) is 2.97. The zero-order valence-corrected chi connectivity index (χ0v) is 12.0. The van der Waals surface area contributed by atoms with E-state index in [0.717, 1.165) is 35.1 Å². The van der Waals surface area contributed by atoms with Crippen LogP contribution in [-0.2, 0) is 19.3 Å². The first kappa shape index (κ1) is 11.3. The number of thiophene rings is 1. The van der Waals surface area contributed by atoms with Crippen LogP contribution in [0, 0.1) is 5.92 Å². The van der Waals surface area contributed by atoms with E-state index in [4.69, 9.17) is 0 Å². The molecule has 3 aromatic heterocycles. The number of aryl methyl sites for hydroxylation is 2. The smallest absolute Gasteiger partial charge is 0.172 e. The van der Waals surface area contributed by atoms with Gasteiger partial charge in [-0.2, -0.15) is 0 Å². The highest BCUT2D eigenvalue weighted by Crippen LogP contribution is 2.38. The molecular weight excluding hydrogens is 256 g/mol. The van der Waals surface area contributed by atoms with Crippen LogP contribution in [0.3, 0.4) is 0 Å². The largest absolute Gasteiger partial charge is 0.269 e. The Hall–Kier alpha value is -1.49. The average molecular weight is 272 g/mol. The molecule has 0 aromatic carbocycles. The van der Waals surface area contributed by atoms with E-state index in [1.165, 1.54) is 28.7 Å². The number of fused-ring (bicyclic) bond motifs is 5. The van der Waals surface area contributed by atoms with E-state index in [9.17, 15) is 0 Å². The summed E-state index contributed by atoms with van der Waals surface area (Å²) < 4.78 is 2.05. The van der Waals surface area contributed by atoms with Crippen LogP contribution < -0.4 is 0 Å². The van der Waals surface area contributed by atoms with Gasteiger partial charge in [0, 0.05) is 11.3 Å². The van der Waals surface area contributed by atoms with Crippen molar-refractivity contribution in [2.24, 2.45) is 5.92 Å². The summed E-state index contributed by atoms with van der Waals surface area (Å²) in [7, 11) is 0. The van der Waals surface area contributed by atoms with Gasteiger partial charge in [-0.05, 0) is 30.7 Å². The lowest BCUT2D eigenvalue weighted by Crippen LogP contribution is -2.08. The maximum Gasteiger partial charge on any atom is 0.172 e. The summed E-state index contributed by atoms with van der Waals surface area (Å²) in [4.78, 5) is 7.26. The standard InChI is InChI=1S/C14H16N4S/c1-3-11-16-17-13-12-9-5-4-8(2)6-10(9)19-14(12)15-7-18(11)13/h7-8H,3-6H2,1-2H3/t8-/m1/s1. The molecule has 0 aliphatic heterocycles. The van der Waals surface area contributed by atoms with Crippen LogP contribution in [-0.4, -0.2) is 19.6 Å². The zero-order chi connectivity index (χ0) is 13.0. The van der Waals surface area contributed by atoms with Crippen LogP contribution in [0.2, 0.25) is 0 Å². The SMILES string of the molecule is CCc1nnc2c3c4c(sc3ncn12)C[C@H](C)CC4. The lowest BCUT2D eigenvalue weighted by atomic mass is 9.89. The maximum atomic E-state index is 4.62. The lowest BCUT2D eigenvalue weighted by Gasteiger charge is -2.17. The fraction of sp³-hybridized carbons (Fsp3) is 0.500. The van der Waals surface area contributed by atoms with Gasteiger partial charge in [-0.25, -0.2) is 4.98 Å². The molecule has 1 aliphatic rings. The summed E-state index contributed by atoms with van der Waals surface area (Å²) in [5.41, 5.74) is 2.47. The molecule has 0 radical (unpaired) electrons. The van der Waals surface area contributed by atoms with E-state index in [1.807, 2.05) is 22.1 Å². The highest BCUT2D eigenvalue weighted by Gasteiger charge is 2.23. The summed E-state index contributed by atoms with van der Waals surface area (Å²) in [6, 6.07) is 0. The molecule has 0 saturated heterocycles. The monoisotopic (exact) mass is 272 g/mol. The second-order valence-corrected chi connectivity index (χ2v) is 6.52. The van der Waals surface area contributed by atoms with Gasteiger partial charge in [-0.3, -0.25) is 4.40 Å². The Morgan fingerprint density at radius 1 is 1.42 bits per heavy atom. The molecule has 5 heteroatoms. The van der Waals surface area contributed by atoms with Crippen LogP contribution in [0.15, 0.2) is 6.33 Å². The first-order valence-electron chi connectivity index (χ1n) is 6.90. The van der Waals surface area contributed by atoms with Crippen LogP contribution in [0.1, 0.15) is 36.5 Å². The molecule has 1 aliphatic carbocycles. The van der Waals surface area contributed by atoms with E-state index in [-0.39, 0.29) is 0 Å². The van der Waals surface area contributed by atoms with Gasteiger partial charge in [0.05, 0.1) is 5.39 Å². The Bertz CT molecular complexity index is 771. The summed E-state index contributed by atoms with van der Waals surface area (Å²) in [6.07, 6.45) is 6.39. The number of aromatic nitrogens is 4. The van der Waals surface area contributed by atoms with Crippen LogP contribution in [0.25, 0.3) is 15.9 Å². The molecule has 0 N–H and O–H groups in total. The molecule has 98 valence electrons. The third-order valence-corrected chi connectivity index (χ3v) is 5.25.